The summed E-state index contributed by atoms with van der Waals surface area (Å²) < 4.78 is 6.91. The summed E-state index contributed by atoms with van der Waals surface area (Å²) in [5, 5.41) is 6.86. The summed E-state index contributed by atoms with van der Waals surface area (Å²) in [5.41, 5.74) is 0.831. The Morgan fingerprint density at radius 2 is 2.07 bits per heavy atom. The molecule has 9 heteroatoms. The van der Waals surface area contributed by atoms with Gasteiger partial charge in [-0.1, -0.05) is 5.16 Å². The number of rotatable bonds is 3. The Kier molecular flexibility index (Phi) is 4.47. The monoisotopic (exact) mass is 372 g/mol. The van der Waals surface area contributed by atoms with E-state index in [2.05, 4.69) is 20.4 Å². The topological polar surface area (TPSA) is 96.5 Å². The van der Waals surface area contributed by atoms with E-state index in [0.717, 1.165) is 24.2 Å². The smallest absolute Gasteiger partial charge is 0.322 e. The summed E-state index contributed by atoms with van der Waals surface area (Å²) in [7, 11) is 3.65. The molecule has 2 amide bonds. The Morgan fingerprint density at radius 3 is 2.81 bits per heavy atom. The van der Waals surface area contributed by atoms with Crippen LogP contribution >= 0.6 is 0 Å². The van der Waals surface area contributed by atoms with Crippen molar-refractivity contribution in [3.8, 4) is 0 Å². The Hall–Kier alpha value is -2.68. The largest absolute Gasteiger partial charge is 0.338 e. The molecule has 1 saturated carbocycles. The van der Waals surface area contributed by atoms with E-state index in [4.69, 9.17) is 4.52 Å². The van der Waals surface area contributed by atoms with E-state index in [-0.39, 0.29) is 17.6 Å². The Balaban J connectivity index is 1.49. The number of hydrogen-bond acceptors (Lipinski definition) is 6. The third kappa shape index (κ3) is 3.46. The predicted molar refractivity (Wildman–Crippen MR) is 98.7 cm³/mol. The number of anilines is 1. The highest BCUT2D eigenvalue weighted by Gasteiger charge is 2.35. The summed E-state index contributed by atoms with van der Waals surface area (Å²) in [4.78, 5) is 33.4. The maximum absolute atomic E-state index is 12.8. The number of hydrogen-bond donors (Lipinski definition) is 1. The third-order valence-electron chi connectivity index (χ3n) is 5.33. The van der Waals surface area contributed by atoms with E-state index >= 15 is 0 Å². The lowest BCUT2D eigenvalue weighted by Crippen LogP contribution is -2.50. The van der Waals surface area contributed by atoms with E-state index in [1.54, 1.807) is 18.1 Å². The van der Waals surface area contributed by atoms with Crippen LogP contribution < -0.4 is 10.9 Å². The van der Waals surface area contributed by atoms with Gasteiger partial charge in [-0.2, -0.15) is 4.98 Å². The van der Waals surface area contributed by atoms with Gasteiger partial charge < -0.3 is 19.3 Å². The molecule has 4 rings (SSSR count). The van der Waals surface area contributed by atoms with Gasteiger partial charge in [0, 0.05) is 38.8 Å². The number of carbonyl (C=O) groups is 1. The van der Waals surface area contributed by atoms with Crippen molar-refractivity contribution in [1.82, 2.24) is 24.5 Å². The summed E-state index contributed by atoms with van der Waals surface area (Å²) >= 11 is 0. The zero-order chi connectivity index (χ0) is 19.1. The number of likely N-dealkylation sites (N-methyl/N-ethyl adjacent to an activating group) is 1. The van der Waals surface area contributed by atoms with Gasteiger partial charge in [0.1, 0.15) is 11.7 Å². The summed E-state index contributed by atoms with van der Waals surface area (Å²) in [6.45, 7) is 3.49. The molecule has 9 nitrogen and oxygen atoms in total. The van der Waals surface area contributed by atoms with Crippen LogP contribution in [0.2, 0.25) is 0 Å². The minimum atomic E-state index is -0.290. The van der Waals surface area contributed by atoms with Crippen LogP contribution in [0, 0.1) is 6.92 Å². The number of urea groups is 1. The Morgan fingerprint density at radius 1 is 1.30 bits per heavy atom. The van der Waals surface area contributed by atoms with Crippen LogP contribution in [0.15, 0.2) is 21.6 Å². The van der Waals surface area contributed by atoms with Gasteiger partial charge in [0.05, 0.1) is 0 Å². The lowest BCUT2D eigenvalue weighted by molar-refractivity contribution is 0.0960. The normalized spacial score (nSPS) is 20.7. The summed E-state index contributed by atoms with van der Waals surface area (Å²) in [6, 6.07) is 1.37. The van der Waals surface area contributed by atoms with E-state index in [9.17, 15) is 9.59 Å². The molecule has 1 unspecified atom stereocenters. The Labute approximate surface area is 156 Å². The van der Waals surface area contributed by atoms with Crippen molar-refractivity contribution in [2.45, 2.75) is 31.7 Å². The van der Waals surface area contributed by atoms with Gasteiger partial charge in [-0.3, -0.25) is 9.69 Å². The second-order valence-corrected chi connectivity index (χ2v) is 7.43. The molecule has 2 fully saturated rings. The van der Waals surface area contributed by atoms with Crippen molar-refractivity contribution in [3.05, 3.63) is 39.9 Å². The lowest BCUT2D eigenvalue weighted by Gasteiger charge is -2.37. The van der Waals surface area contributed by atoms with Crippen LogP contribution in [0.25, 0.3) is 0 Å². The molecular weight excluding hydrogens is 348 g/mol. The number of nitrogens with one attached hydrogen (secondary N) is 1. The zero-order valence-electron chi connectivity index (χ0n) is 15.8. The van der Waals surface area contributed by atoms with Crippen LogP contribution in [0.4, 0.5) is 10.5 Å². The molecule has 1 atom stereocenters. The van der Waals surface area contributed by atoms with Crippen LogP contribution in [-0.2, 0) is 7.05 Å². The van der Waals surface area contributed by atoms with Crippen LogP contribution in [0.1, 0.15) is 42.1 Å². The lowest BCUT2D eigenvalue weighted by atomic mass is 10.2. The molecule has 2 aromatic rings. The molecule has 1 N–H and O–H groups in total. The van der Waals surface area contributed by atoms with Crippen molar-refractivity contribution >= 4 is 11.7 Å². The maximum atomic E-state index is 12.8. The highest BCUT2D eigenvalue weighted by molar-refractivity contribution is 5.90. The van der Waals surface area contributed by atoms with Gasteiger partial charge in [0.2, 0.25) is 5.89 Å². The van der Waals surface area contributed by atoms with Gasteiger partial charge in [0.15, 0.2) is 5.82 Å². The van der Waals surface area contributed by atoms with E-state index in [0.29, 0.717) is 37.1 Å². The Bertz CT molecular complexity index is 916. The molecule has 1 aliphatic carbocycles. The number of aromatic nitrogens is 3. The van der Waals surface area contributed by atoms with Gasteiger partial charge >= 0.3 is 6.03 Å². The second-order valence-electron chi connectivity index (χ2n) is 7.43. The zero-order valence-corrected chi connectivity index (χ0v) is 15.8. The fourth-order valence-electron chi connectivity index (χ4n) is 3.27. The molecule has 2 aromatic heterocycles. The van der Waals surface area contributed by atoms with E-state index in [1.165, 1.54) is 4.57 Å². The highest BCUT2D eigenvalue weighted by Crippen LogP contribution is 2.38. The summed E-state index contributed by atoms with van der Waals surface area (Å²) in [6.07, 6.45) is 3.91. The van der Waals surface area contributed by atoms with Gasteiger partial charge in [-0.25, -0.2) is 4.79 Å². The predicted octanol–water partition coefficient (Wildman–Crippen LogP) is 1.47. The van der Waals surface area contributed by atoms with Crippen molar-refractivity contribution in [1.29, 1.82) is 0 Å². The number of carbonyl (C=O) groups excluding carboxylic acids is 1. The van der Waals surface area contributed by atoms with Gasteiger partial charge in [-0.05, 0) is 38.4 Å². The summed E-state index contributed by atoms with van der Waals surface area (Å²) in [5.74, 6) is 1.74. The van der Waals surface area contributed by atoms with E-state index < -0.39 is 0 Å². The van der Waals surface area contributed by atoms with Crippen molar-refractivity contribution in [2.24, 2.45) is 7.05 Å². The number of amides is 2. The number of piperazine rings is 1. The molecular formula is C18H24N6O3. The van der Waals surface area contributed by atoms with Crippen molar-refractivity contribution in [2.75, 3.05) is 32.0 Å². The van der Waals surface area contributed by atoms with Gasteiger partial charge in [-0.15, -0.1) is 0 Å². The molecule has 27 heavy (non-hydrogen) atoms. The van der Waals surface area contributed by atoms with Gasteiger partial charge in [0.25, 0.3) is 5.56 Å². The maximum Gasteiger partial charge on any atom is 0.322 e. The quantitative estimate of drug-likeness (QED) is 0.877. The average Bonchev–Trinajstić information content (AvgIpc) is 3.39. The van der Waals surface area contributed by atoms with Crippen molar-refractivity contribution in [3.63, 3.8) is 0 Å². The molecule has 0 radical (unpaired) electrons. The minimum Gasteiger partial charge on any atom is -0.338 e. The van der Waals surface area contributed by atoms with Crippen LogP contribution in [0.5, 0.6) is 0 Å². The van der Waals surface area contributed by atoms with Crippen LogP contribution in [0.3, 0.4) is 0 Å². The number of pyridine rings is 1. The third-order valence-corrected chi connectivity index (χ3v) is 5.33. The standard InChI is InChI=1S/C18H24N6O3/c1-11-6-7-23(3)17(25)14(11)19-18(26)24-9-8-22(2)13(10-24)16-20-15(21-27-16)12-4-5-12/h6-7,12-13H,4-5,8-10H2,1-3H3,(H,19,26). The fraction of sp³-hybridized carbons (Fsp3) is 0.556. The first-order valence-corrected chi connectivity index (χ1v) is 9.20. The molecule has 1 saturated heterocycles. The second kappa shape index (κ2) is 6.80. The molecule has 0 bridgehead atoms. The molecule has 0 aromatic carbocycles. The molecule has 144 valence electrons. The minimum absolute atomic E-state index is 0.149. The molecule has 1 aliphatic heterocycles. The molecule has 0 spiro atoms. The average molecular weight is 372 g/mol. The number of aryl methyl sites for hydroxylation is 2. The first kappa shape index (κ1) is 17.7. The highest BCUT2D eigenvalue weighted by atomic mass is 16.5. The van der Waals surface area contributed by atoms with Crippen LogP contribution in [-0.4, -0.2) is 57.2 Å². The fourth-order valence-corrected chi connectivity index (χ4v) is 3.27. The first-order chi connectivity index (χ1) is 12.9. The first-order valence-electron chi connectivity index (χ1n) is 9.20. The molecule has 3 heterocycles. The molecule has 2 aliphatic rings. The number of nitrogens with zero attached hydrogens (tertiary/aromatic N) is 5. The van der Waals surface area contributed by atoms with E-state index in [1.807, 2.05) is 20.0 Å². The van der Waals surface area contributed by atoms with Crippen molar-refractivity contribution < 1.29 is 9.32 Å². The SMILES string of the molecule is Cc1ccn(C)c(=O)c1NC(=O)N1CCN(C)C(c2nc(C3CC3)no2)C1.